The van der Waals surface area contributed by atoms with Crippen molar-refractivity contribution in [3.8, 4) is 0 Å². The maximum absolute atomic E-state index is 11.2. The fourth-order valence-corrected chi connectivity index (χ4v) is 1.79. The van der Waals surface area contributed by atoms with Gasteiger partial charge in [-0.3, -0.25) is 4.79 Å². The van der Waals surface area contributed by atoms with E-state index >= 15 is 0 Å². The highest BCUT2D eigenvalue weighted by Gasteiger charge is 1.96. The van der Waals surface area contributed by atoms with Crippen molar-refractivity contribution in [3.63, 3.8) is 0 Å². The van der Waals surface area contributed by atoms with E-state index in [0.717, 1.165) is 13.0 Å². The maximum Gasteiger partial charge on any atom is 0.252 e. The van der Waals surface area contributed by atoms with Crippen molar-refractivity contribution in [1.29, 1.82) is 0 Å². The number of nitrogens with zero attached hydrogens (tertiary/aromatic N) is 1. The summed E-state index contributed by atoms with van der Waals surface area (Å²) in [5.74, 6) is 1.34. The van der Waals surface area contributed by atoms with Gasteiger partial charge in [-0.15, -0.1) is 0 Å². The van der Waals surface area contributed by atoms with Gasteiger partial charge >= 0.3 is 0 Å². The van der Waals surface area contributed by atoms with Crippen LogP contribution < -0.4 is 10.9 Å². The van der Waals surface area contributed by atoms with Crippen LogP contribution in [0.4, 0.5) is 5.82 Å². The van der Waals surface area contributed by atoms with Gasteiger partial charge < -0.3 is 10.3 Å². The van der Waals surface area contributed by atoms with Gasteiger partial charge in [-0.05, 0) is 13.3 Å². The molecule has 0 amide bonds. The van der Waals surface area contributed by atoms with Crippen LogP contribution in [0.25, 0.3) is 0 Å². The smallest absolute Gasteiger partial charge is 0.252 e. The van der Waals surface area contributed by atoms with Crippen molar-refractivity contribution in [2.75, 3.05) is 11.9 Å². The number of hydrogen-bond donors (Lipinski definition) is 2. The van der Waals surface area contributed by atoms with E-state index in [1.165, 1.54) is 38.2 Å². The van der Waals surface area contributed by atoms with Crippen LogP contribution in [-0.2, 0) is 0 Å². The van der Waals surface area contributed by atoms with Crippen molar-refractivity contribution in [2.45, 2.75) is 52.4 Å². The number of aromatic amines is 1. The number of aromatic nitrogens is 2. The quantitative estimate of drug-likeness (QED) is 0.683. The Morgan fingerprint density at radius 1 is 1.24 bits per heavy atom. The lowest BCUT2D eigenvalue weighted by Crippen LogP contribution is -2.12. The molecule has 0 saturated carbocycles. The van der Waals surface area contributed by atoms with Gasteiger partial charge in [0.25, 0.3) is 5.56 Å². The van der Waals surface area contributed by atoms with Crippen LogP contribution in [0.15, 0.2) is 10.9 Å². The molecular weight excluding hydrogens is 214 g/mol. The minimum atomic E-state index is -0.0945. The summed E-state index contributed by atoms with van der Waals surface area (Å²) in [7, 11) is 0. The monoisotopic (exact) mass is 237 g/mol. The van der Waals surface area contributed by atoms with E-state index in [-0.39, 0.29) is 5.56 Å². The maximum atomic E-state index is 11.2. The lowest BCUT2D eigenvalue weighted by molar-refractivity contribution is 0.616. The number of unbranched alkanes of at least 4 members (excludes halogenated alkanes) is 5. The first-order valence-electron chi connectivity index (χ1n) is 6.54. The first kappa shape index (κ1) is 13.7. The summed E-state index contributed by atoms with van der Waals surface area (Å²) in [6.07, 6.45) is 7.64. The topological polar surface area (TPSA) is 57.8 Å². The molecule has 0 aliphatic carbocycles. The Morgan fingerprint density at radius 3 is 2.65 bits per heavy atom. The van der Waals surface area contributed by atoms with Crippen LogP contribution >= 0.6 is 0 Å². The van der Waals surface area contributed by atoms with E-state index in [0.29, 0.717) is 11.6 Å². The zero-order valence-electron chi connectivity index (χ0n) is 10.9. The second-order valence-electron chi connectivity index (χ2n) is 4.41. The average Bonchev–Trinajstić information content (AvgIpc) is 2.26. The van der Waals surface area contributed by atoms with E-state index in [4.69, 9.17) is 0 Å². The minimum absolute atomic E-state index is 0.0945. The molecule has 0 aromatic carbocycles. The third-order valence-corrected chi connectivity index (χ3v) is 2.70. The van der Waals surface area contributed by atoms with E-state index in [1.54, 1.807) is 6.92 Å². The summed E-state index contributed by atoms with van der Waals surface area (Å²) in [6, 6.07) is 1.50. The molecule has 0 aliphatic rings. The summed E-state index contributed by atoms with van der Waals surface area (Å²) >= 11 is 0. The van der Waals surface area contributed by atoms with Gasteiger partial charge in [0, 0.05) is 12.6 Å². The Bertz CT molecular complexity index is 373. The van der Waals surface area contributed by atoms with Gasteiger partial charge in [-0.1, -0.05) is 39.0 Å². The first-order valence-corrected chi connectivity index (χ1v) is 6.54. The number of nitrogens with one attached hydrogen (secondary N) is 2. The second-order valence-corrected chi connectivity index (χ2v) is 4.41. The van der Waals surface area contributed by atoms with E-state index in [9.17, 15) is 4.79 Å². The van der Waals surface area contributed by atoms with Gasteiger partial charge in [0.15, 0.2) is 0 Å². The highest BCUT2D eigenvalue weighted by molar-refractivity contribution is 5.32. The number of rotatable bonds is 8. The molecule has 1 aromatic heterocycles. The van der Waals surface area contributed by atoms with Crippen LogP contribution in [0.5, 0.6) is 0 Å². The van der Waals surface area contributed by atoms with Crippen LogP contribution in [0.3, 0.4) is 0 Å². The van der Waals surface area contributed by atoms with Crippen molar-refractivity contribution >= 4 is 5.82 Å². The van der Waals surface area contributed by atoms with Crippen LogP contribution in [0, 0.1) is 6.92 Å². The van der Waals surface area contributed by atoms with Crippen LogP contribution in [0.1, 0.15) is 51.3 Å². The van der Waals surface area contributed by atoms with Gasteiger partial charge in [0.2, 0.25) is 0 Å². The summed E-state index contributed by atoms with van der Waals surface area (Å²) in [5.41, 5.74) is -0.0945. The molecule has 0 atom stereocenters. The molecule has 0 radical (unpaired) electrons. The molecule has 0 unspecified atom stereocenters. The van der Waals surface area contributed by atoms with E-state index in [2.05, 4.69) is 22.2 Å². The fraction of sp³-hybridized carbons (Fsp3) is 0.692. The molecule has 17 heavy (non-hydrogen) atoms. The largest absolute Gasteiger partial charge is 0.370 e. The molecule has 0 spiro atoms. The van der Waals surface area contributed by atoms with Gasteiger partial charge in [0.05, 0.1) is 0 Å². The van der Waals surface area contributed by atoms with Crippen LogP contribution in [0.2, 0.25) is 0 Å². The highest BCUT2D eigenvalue weighted by Crippen LogP contribution is 2.05. The summed E-state index contributed by atoms with van der Waals surface area (Å²) in [6.45, 7) is 4.90. The van der Waals surface area contributed by atoms with E-state index in [1.807, 2.05) is 0 Å². The average molecular weight is 237 g/mol. The Kier molecular flexibility index (Phi) is 6.37. The van der Waals surface area contributed by atoms with Crippen LogP contribution in [-0.4, -0.2) is 16.5 Å². The highest BCUT2D eigenvalue weighted by atomic mass is 16.1. The molecule has 1 aromatic rings. The molecule has 2 N–H and O–H groups in total. The fourth-order valence-electron chi connectivity index (χ4n) is 1.79. The molecule has 96 valence electrons. The Hall–Kier alpha value is -1.32. The molecule has 0 saturated heterocycles. The summed E-state index contributed by atoms with van der Waals surface area (Å²) in [4.78, 5) is 18.0. The summed E-state index contributed by atoms with van der Waals surface area (Å²) in [5, 5.41) is 3.19. The third kappa shape index (κ3) is 6.09. The second kappa shape index (κ2) is 7.87. The predicted molar refractivity (Wildman–Crippen MR) is 71.5 cm³/mol. The summed E-state index contributed by atoms with van der Waals surface area (Å²) < 4.78 is 0. The van der Waals surface area contributed by atoms with Crippen molar-refractivity contribution in [2.24, 2.45) is 0 Å². The van der Waals surface area contributed by atoms with E-state index < -0.39 is 0 Å². The van der Waals surface area contributed by atoms with Crippen molar-refractivity contribution < 1.29 is 0 Å². The number of hydrogen-bond acceptors (Lipinski definition) is 3. The Morgan fingerprint density at radius 2 is 1.94 bits per heavy atom. The van der Waals surface area contributed by atoms with Crippen molar-refractivity contribution in [3.05, 3.63) is 22.2 Å². The molecule has 0 bridgehead atoms. The number of aryl methyl sites for hydroxylation is 1. The Labute approximate surface area is 103 Å². The molecule has 4 nitrogen and oxygen atoms in total. The Balaban J connectivity index is 2.16. The molecular formula is C13H23N3O. The van der Waals surface area contributed by atoms with Gasteiger partial charge in [-0.25, -0.2) is 4.98 Å². The lowest BCUT2D eigenvalue weighted by atomic mass is 10.1. The van der Waals surface area contributed by atoms with Crippen molar-refractivity contribution in [1.82, 2.24) is 9.97 Å². The predicted octanol–water partition coefficient (Wildman–Crippen LogP) is 2.85. The number of H-pyrrole nitrogens is 1. The molecule has 1 heterocycles. The first-order chi connectivity index (χ1) is 8.22. The lowest BCUT2D eigenvalue weighted by Gasteiger charge is -2.05. The number of anilines is 1. The van der Waals surface area contributed by atoms with Gasteiger partial charge in [-0.2, -0.15) is 0 Å². The molecule has 0 fully saturated rings. The van der Waals surface area contributed by atoms with Gasteiger partial charge in [0.1, 0.15) is 11.6 Å². The zero-order chi connectivity index (χ0) is 12.5. The normalized spacial score (nSPS) is 10.5. The SMILES string of the molecule is CCCCCCCCNc1cc(=O)[nH]c(C)n1. The standard InChI is InChI=1S/C13H23N3O/c1-3-4-5-6-7-8-9-14-12-10-13(17)16-11(2)15-12/h10H,3-9H2,1-2H3,(H2,14,15,16,17). The zero-order valence-corrected chi connectivity index (χ0v) is 10.9. The third-order valence-electron chi connectivity index (χ3n) is 2.70. The molecule has 4 heteroatoms. The molecule has 0 aliphatic heterocycles. The minimum Gasteiger partial charge on any atom is -0.370 e. The molecule has 1 rings (SSSR count).